The van der Waals surface area contributed by atoms with Crippen molar-refractivity contribution < 1.29 is 8.42 Å². The van der Waals surface area contributed by atoms with Crippen LogP contribution < -0.4 is 0 Å². The second-order valence-corrected chi connectivity index (χ2v) is 5.61. The Hall–Kier alpha value is -0.570. The summed E-state index contributed by atoms with van der Waals surface area (Å²) in [5, 5.41) is 8.55. The molecule has 68 valence electrons. The highest BCUT2D eigenvalue weighted by Crippen LogP contribution is 2.22. The standard InChI is InChI=1S/C7H3BrClNO2S/c8-7-3-6(13(9,11)12)2-1-5(7)4-10/h1-3H. The van der Waals surface area contributed by atoms with Gasteiger partial charge in [-0.05, 0) is 34.1 Å². The number of benzene rings is 1. The molecular formula is C7H3BrClNO2S. The second-order valence-electron chi connectivity index (χ2n) is 2.19. The SMILES string of the molecule is N#Cc1ccc(S(=O)(=O)Cl)cc1Br. The number of nitrogens with zero attached hydrogens (tertiary/aromatic N) is 1. The van der Waals surface area contributed by atoms with Gasteiger partial charge in [0.15, 0.2) is 0 Å². The summed E-state index contributed by atoms with van der Waals surface area (Å²) in [6.07, 6.45) is 0. The van der Waals surface area contributed by atoms with Gasteiger partial charge in [0.05, 0.1) is 10.5 Å². The minimum atomic E-state index is -3.72. The Bertz CT molecular complexity index is 478. The van der Waals surface area contributed by atoms with Crippen molar-refractivity contribution in [3.05, 3.63) is 28.2 Å². The maximum absolute atomic E-state index is 10.8. The van der Waals surface area contributed by atoms with Gasteiger partial charge in [-0.25, -0.2) is 8.42 Å². The van der Waals surface area contributed by atoms with E-state index in [1.165, 1.54) is 18.2 Å². The van der Waals surface area contributed by atoms with Gasteiger partial charge in [0.1, 0.15) is 6.07 Å². The summed E-state index contributed by atoms with van der Waals surface area (Å²) in [5.41, 5.74) is 0.365. The fraction of sp³-hybridized carbons (Fsp3) is 0. The first-order chi connectivity index (χ1) is 5.95. The van der Waals surface area contributed by atoms with Crippen LogP contribution in [0.3, 0.4) is 0 Å². The van der Waals surface area contributed by atoms with Crippen LogP contribution in [0.5, 0.6) is 0 Å². The Kier molecular flexibility index (Phi) is 2.96. The summed E-state index contributed by atoms with van der Waals surface area (Å²) in [6, 6.07) is 5.85. The van der Waals surface area contributed by atoms with Crippen molar-refractivity contribution in [1.29, 1.82) is 5.26 Å². The molecule has 13 heavy (non-hydrogen) atoms. The van der Waals surface area contributed by atoms with E-state index in [9.17, 15) is 8.42 Å². The Balaban J connectivity index is 3.36. The topological polar surface area (TPSA) is 57.9 Å². The summed E-state index contributed by atoms with van der Waals surface area (Å²) in [5.74, 6) is 0. The molecule has 0 aliphatic rings. The Morgan fingerprint density at radius 2 is 2.08 bits per heavy atom. The molecule has 0 saturated carbocycles. The summed E-state index contributed by atoms with van der Waals surface area (Å²) in [7, 11) is 1.38. The maximum Gasteiger partial charge on any atom is 0.261 e. The number of hydrogen-bond acceptors (Lipinski definition) is 3. The summed E-state index contributed by atoms with van der Waals surface area (Å²) in [6.45, 7) is 0. The molecule has 0 aromatic heterocycles. The highest BCUT2D eigenvalue weighted by Gasteiger charge is 2.11. The van der Waals surface area contributed by atoms with Crippen LogP contribution in [0.15, 0.2) is 27.6 Å². The van der Waals surface area contributed by atoms with Gasteiger partial charge in [-0.1, -0.05) is 0 Å². The molecule has 0 aliphatic heterocycles. The average Bonchev–Trinajstić information content (AvgIpc) is 2.02. The van der Waals surface area contributed by atoms with E-state index in [4.69, 9.17) is 15.9 Å². The molecule has 1 rings (SSSR count). The summed E-state index contributed by atoms with van der Waals surface area (Å²) >= 11 is 3.05. The fourth-order valence-corrected chi connectivity index (χ4v) is 2.13. The molecule has 6 heteroatoms. The maximum atomic E-state index is 10.8. The van der Waals surface area contributed by atoms with Crippen molar-refractivity contribution in [2.24, 2.45) is 0 Å². The third-order valence-electron chi connectivity index (χ3n) is 1.34. The van der Waals surface area contributed by atoms with Crippen LogP contribution in [0, 0.1) is 11.3 Å². The van der Waals surface area contributed by atoms with Crippen molar-refractivity contribution in [1.82, 2.24) is 0 Å². The predicted octanol–water partition coefficient (Wildman–Crippen LogP) is 2.25. The van der Waals surface area contributed by atoms with Gasteiger partial charge < -0.3 is 0 Å². The van der Waals surface area contributed by atoms with Gasteiger partial charge in [-0.2, -0.15) is 5.26 Å². The molecule has 0 N–H and O–H groups in total. The van der Waals surface area contributed by atoms with Crippen LogP contribution in [-0.4, -0.2) is 8.42 Å². The van der Waals surface area contributed by atoms with E-state index in [1.807, 2.05) is 6.07 Å². The lowest BCUT2D eigenvalue weighted by molar-refractivity contribution is 0.609. The van der Waals surface area contributed by atoms with Crippen molar-refractivity contribution in [2.75, 3.05) is 0 Å². The van der Waals surface area contributed by atoms with Crippen LogP contribution in [0.4, 0.5) is 0 Å². The van der Waals surface area contributed by atoms with E-state index in [0.29, 0.717) is 10.0 Å². The highest BCUT2D eigenvalue weighted by atomic mass is 79.9. The largest absolute Gasteiger partial charge is 0.261 e. The molecule has 0 unspecified atom stereocenters. The van der Waals surface area contributed by atoms with Crippen LogP contribution in [0.25, 0.3) is 0 Å². The first-order valence-electron chi connectivity index (χ1n) is 3.09. The quantitative estimate of drug-likeness (QED) is 0.741. The minimum Gasteiger partial charge on any atom is -0.207 e. The van der Waals surface area contributed by atoms with Crippen molar-refractivity contribution in [3.63, 3.8) is 0 Å². The first kappa shape index (κ1) is 10.5. The number of hydrogen-bond donors (Lipinski definition) is 0. The van der Waals surface area contributed by atoms with E-state index < -0.39 is 9.05 Å². The third-order valence-corrected chi connectivity index (χ3v) is 3.35. The molecule has 0 radical (unpaired) electrons. The molecule has 1 aromatic rings. The minimum absolute atomic E-state index is 0.0277. The van der Waals surface area contributed by atoms with Crippen LogP contribution >= 0.6 is 26.6 Å². The average molecular weight is 281 g/mol. The lowest BCUT2D eigenvalue weighted by atomic mass is 10.2. The molecule has 0 amide bonds. The second kappa shape index (κ2) is 3.66. The molecule has 0 heterocycles. The number of halogens is 2. The molecule has 1 aromatic carbocycles. The zero-order valence-electron chi connectivity index (χ0n) is 6.16. The van der Waals surface area contributed by atoms with Crippen LogP contribution in [0.2, 0.25) is 0 Å². The van der Waals surface area contributed by atoms with Gasteiger partial charge in [0.25, 0.3) is 9.05 Å². The van der Waals surface area contributed by atoms with Crippen molar-refractivity contribution in [2.45, 2.75) is 4.90 Å². The molecule has 0 saturated heterocycles. The van der Waals surface area contributed by atoms with Gasteiger partial charge in [0, 0.05) is 15.2 Å². The zero-order valence-corrected chi connectivity index (χ0v) is 9.32. The molecule has 0 fully saturated rings. The molecule has 3 nitrogen and oxygen atoms in total. The Labute approximate surface area is 88.5 Å². The fourth-order valence-electron chi connectivity index (χ4n) is 0.738. The predicted molar refractivity (Wildman–Crippen MR) is 51.9 cm³/mol. The molecule has 0 bridgehead atoms. The lowest BCUT2D eigenvalue weighted by Crippen LogP contribution is -1.91. The van der Waals surface area contributed by atoms with E-state index in [1.54, 1.807) is 0 Å². The Morgan fingerprint density at radius 3 is 2.46 bits per heavy atom. The Morgan fingerprint density at radius 1 is 1.46 bits per heavy atom. The highest BCUT2D eigenvalue weighted by molar-refractivity contribution is 9.10. The van der Waals surface area contributed by atoms with Crippen LogP contribution in [-0.2, 0) is 9.05 Å². The van der Waals surface area contributed by atoms with Crippen molar-refractivity contribution >= 4 is 35.7 Å². The van der Waals surface area contributed by atoms with Crippen LogP contribution in [0.1, 0.15) is 5.56 Å². The third kappa shape index (κ3) is 2.44. The van der Waals surface area contributed by atoms with Gasteiger partial charge in [-0.3, -0.25) is 0 Å². The first-order valence-corrected chi connectivity index (χ1v) is 6.19. The van der Waals surface area contributed by atoms with Crippen molar-refractivity contribution in [3.8, 4) is 6.07 Å². The summed E-state index contributed by atoms with van der Waals surface area (Å²) in [4.78, 5) is -0.0277. The van der Waals surface area contributed by atoms with Gasteiger partial charge >= 0.3 is 0 Å². The van der Waals surface area contributed by atoms with Gasteiger partial charge in [0.2, 0.25) is 0 Å². The van der Waals surface area contributed by atoms with E-state index in [-0.39, 0.29) is 4.90 Å². The number of rotatable bonds is 1. The lowest BCUT2D eigenvalue weighted by Gasteiger charge is -1.97. The monoisotopic (exact) mass is 279 g/mol. The molecule has 0 atom stereocenters. The zero-order chi connectivity index (χ0) is 10.1. The number of nitriles is 1. The smallest absolute Gasteiger partial charge is 0.207 e. The van der Waals surface area contributed by atoms with E-state index in [2.05, 4.69) is 15.9 Å². The molecule has 0 aliphatic carbocycles. The normalized spacial score (nSPS) is 10.8. The van der Waals surface area contributed by atoms with E-state index in [0.717, 1.165) is 0 Å². The molecular weight excluding hydrogens is 278 g/mol. The summed E-state index contributed by atoms with van der Waals surface area (Å²) < 4.78 is 22.1. The van der Waals surface area contributed by atoms with Gasteiger partial charge in [-0.15, -0.1) is 0 Å². The molecule has 0 spiro atoms. The van der Waals surface area contributed by atoms with E-state index >= 15 is 0 Å².